The molecule has 18 heavy (non-hydrogen) atoms. The Morgan fingerprint density at radius 2 is 1.72 bits per heavy atom. The van der Waals surface area contributed by atoms with Gasteiger partial charge in [0.15, 0.2) is 5.78 Å². The minimum absolute atomic E-state index is 0.207. The summed E-state index contributed by atoms with van der Waals surface area (Å²) in [5, 5.41) is 0. The lowest BCUT2D eigenvalue weighted by molar-refractivity contribution is -0.113. The summed E-state index contributed by atoms with van der Waals surface area (Å²) in [5.41, 5.74) is 2.96. The number of ketones is 1. The largest absolute Gasteiger partial charge is 0.383 e. The number of hydrogen-bond acceptors (Lipinski definition) is 2. The van der Waals surface area contributed by atoms with E-state index >= 15 is 0 Å². The third-order valence-corrected chi connectivity index (χ3v) is 3.03. The van der Waals surface area contributed by atoms with Crippen molar-refractivity contribution in [1.82, 2.24) is 4.90 Å². The van der Waals surface area contributed by atoms with Crippen LogP contribution in [0.2, 0.25) is 0 Å². The number of Topliss-reactive ketones (excluding diaryl/α,β-unsaturated/α-hetero) is 1. The first-order chi connectivity index (χ1) is 8.66. The van der Waals surface area contributed by atoms with E-state index in [4.69, 9.17) is 0 Å². The lowest BCUT2D eigenvalue weighted by Gasteiger charge is -2.18. The fourth-order valence-electron chi connectivity index (χ4n) is 2.23. The van der Waals surface area contributed by atoms with Crippen LogP contribution in [0.1, 0.15) is 24.8 Å². The number of allylic oxidation sites excluding steroid dienone is 2. The van der Waals surface area contributed by atoms with Gasteiger partial charge in [-0.05, 0) is 30.9 Å². The van der Waals surface area contributed by atoms with Gasteiger partial charge in [0.2, 0.25) is 0 Å². The Bertz CT molecular complexity index is 483. The summed E-state index contributed by atoms with van der Waals surface area (Å²) in [6.07, 6.45) is 6.80. The van der Waals surface area contributed by atoms with Gasteiger partial charge < -0.3 is 4.90 Å². The molecule has 0 amide bonds. The fourth-order valence-corrected chi connectivity index (χ4v) is 2.23. The first kappa shape index (κ1) is 12.6. The highest BCUT2D eigenvalue weighted by molar-refractivity contribution is 6.11. The second kappa shape index (κ2) is 5.67. The molecular weight excluding hydrogens is 222 g/mol. The predicted molar refractivity (Wildman–Crippen MR) is 75.0 cm³/mol. The van der Waals surface area contributed by atoms with Gasteiger partial charge in [0, 0.05) is 31.4 Å². The number of nitrogens with zero attached hydrogens (tertiary/aromatic N) is 1. The van der Waals surface area contributed by atoms with Crippen LogP contribution < -0.4 is 0 Å². The van der Waals surface area contributed by atoms with Crippen LogP contribution >= 0.6 is 0 Å². The first-order valence-electron chi connectivity index (χ1n) is 6.34. The van der Waals surface area contributed by atoms with E-state index in [0.29, 0.717) is 0 Å². The Morgan fingerprint density at radius 1 is 1.06 bits per heavy atom. The summed E-state index contributed by atoms with van der Waals surface area (Å²) in [7, 11) is 3.91. The van der Waals surface area contributed by atoms with Gasteiger partial charge in [0.1, 0.15) is 0 Å². The summed E-state index contributed by atoms with van der Waals surface area (Å²) in [4.78, 5) is 14.2. The number of carbonyl (C=O) groups excluding carboxylic acids is 1. The molecule has 0 aromatic heterocycles. The lowest BCUT2D eigenvalue weighted by atomic mass is 9.88. The van der Waals surface area contributed by atoms with Crippen molar-refractivity contribution < 1.29 is 4.79 Å². The van der Waals surface area contributed by atoms with Crippen LogP contribution in [0.3, 0.4) is 0 Å². The van der Waals surface area contributed by atoms with Gasteiger partial charge in [-0.25, -0.2) is 0 Å². The van der Waals surface area contributed by atoms with Crippen LogP contribution in [0.15, 0.2) is 47.7 Å². The zero-order valence-corrected chi connectivity index (χ0v) is 11.0. The highest BCUT2D eigenvalue weighted by atomic mass is 16.1. The van der Waals surface area contributed by atoms with Crippen molar-refractivity contribution in [2.45, 2.75) is 19.3 Å². The number of hydrogen-bond donors (Lipinski definition) is 0. The third kappa shape index (κ3) is 3.10. The molecule has 0 bridgehead atoms. The quantitative estimate of drug-likeness (QED) is 0.741. The molecule has 1 fully saturated rings. The van der Waals surface area contributed by atoms with Gasteiger partial charge in [-0.2, -0.15) is 0 Å². The molecule has 2 rings (SSSR count). The van der Waals surface area contributed by atoms with Gasteiger partial charge in [-0.3, -0.25) is 4.79 Å². The van der Waals surface area contributed by atoms with E-state index in [-0.39, 0.29) is 5.78 Å². The van der Waals surface area contributed by atoms with Crippen LogP contribution in [0.5, 0.6) is 0 Å². The normalized spacial score (nSPS) is 20.4. The maximum atomic E-state index is 12.3. The molecule has 2 heteroatoms. The topological polar surface area (TPSA) is 20.3 Å². The molecule has 0 atom stereocenters. The molecule has 0 saturated heterocycles. The lowest BCUT2D eigenvalue weighted by Crippen LogP contribution is -2.15. The standard InChI is InChI=1S/C16H19NO/c1-17(2)12-15-10-6-9-14(16(15)18)11-13-7-4-3-5-8-13/h3-5,7-8,11-12H,6,9-10H2,1-2H3/b14-11+,15-12?. The van der Waals surface area contributed by atoms with E-state index in [2.05, 4.69) is 0 Å². The highest BCUT2D eigenvalue weighted by Gasteiger charge is 2.20. The Kier molecular flexibility index (Phi) is 3.98. The summed E-state index contributed by atoms with van der Waals surface area (Å²) in [6, 6.07) is 10.0. The van der Waals surface area contributed by atoms with Crippen LogP contribution in [-0.2, 0) is 4.79 Å². The van der Waals surface area contributed by atoms with Crippen molar-refractivity contribution in [3.8, 4) is 0 Å². The monoisotopic (exact) mass is 241 g/mol. The maximum Gasteiger partial charge on any atom is 0.186 e. The van der Waals surface area contributed by atoms with E-state index in [1.54, 1.807) is 0 Å². The Hall–Kier alpha value is -1.83. The van der Waals surface area contributed by atoms with Gasteiger partial charge in [0.05, 0.1) is 0 Å². The van der Waals surface area contributed by atoms with E-state index in [1.807, 2.05) is 61.6 Å². The molecule has 2 nitrogen and oxygen atoms in total. The van der Waals surface area contributed by atoms with Gasteiger partial charge in [-0.1, -0.05) is 30.3 Å². The first-order valence-corrected chi connectivity index (χ1v) is 6.34. The van der Waals surface area contributed by atoms with Crippen molar-refractivity contribution in [3.63, 3.8) is 0 Å². The summed E-state index contributed by atoms with van der Waals surface area (Å²) >= 11 is 0. The van der Waals surface area contributed by atoms with Crippen molar-refractivity contribution in [2.24, 2.45) is 0 Å². The molecule has 1 aliphatic rings. The Balaban J connectivity index is 2.24. The third-order valence-electron chi connectivity index (χ3n) is 3.03. The van der Waals surface area contributed by atoms with Crippen LogP contribution in [-0.4, -0.2) is 24.8 Å². The van der Waals surface area contributed by atoms with Crippen molar-refractivity contribution in [2.75, 3.05) is 14.1 Å². The minimum atomic E-state index is 0.207. The van der Waals surface area contributed by atoms with Crippen molar-refractivity contribution in [1.29, 1.82) is 0 Å². The molecule has 0 aliphatic heterocycles. The Morgan fingerprint density at radius 3 is 2.39 bits per heavy atom. The molecule has 0 heterocycles. The Labute approximate surface area is 109 Å². The van der Waals surface area contributed by atoms with Crippen molar-refractivity contribution in [3.05, 3.63) is 53.2 Å². The summed E-state index contributed by atoms with van der Waals surface area (Å²) in [6.45, 7) is 0. The SMILES string of the molecule is CN(C)C=C1CCC/C(=C\c2ccccc2)C1=O. The molecule has 0 N–H and O–H groups in total. The molecule has 0 radical (unpaired) electrons. The number of carbonyl (C=O) groups is 1. The number of rotatable bonds is 2. The van der Waals surface area contributed by atoms with Gasteiger partial charge >= 0.3 is 0 Å². The smallest absolute Gasteiger partial charge is 0.186 e. The molecule has 1 aromatic carbocycles. The molecule has 0 unspecified atom stereocenters. The zero-order valence-electron chi connectivity index (χ0n) is 11.0. The maximum absolute atomic E-state index is 12.3. The average molecular weight is 241 g/mol. The minimum Gasteiger partial charge on any atom is -0.383 e. The molecule has 0 spiro atoms. The molecular formula is C16H19NO. The summed E-state index contributed by atoms with van der Waals surface area (Å²) < 4.78 is 0. The highest BCUT2D eigenvalue weighted by Crippen LogP contribution is 2.26. The average Bonchev–Trinajstić information content (AvgIpc) is 2.35. The van der Waals surface area contributed by atoms with E-state index < -0.39 is 0 Å². The molecule has 94 valence electrons. The molecule has 1 aromatic rings. The molecule has 1 saturated carbocycles. The zero-order chi connectivity index (χ0) is 13.0. The van der Waals surface area contributed by atoms with Gasteiger partial charge in [-0.15, -0.1) is 0 Å². The fraction of sp³-hybridized carbons (Fsp3) is 0.312. The van der Waals surface area contributed by atoms with Gasteiger partial charge in [0.25, 0.3) is 0 Å². The predicted octanol–water partition coefficient (Wildman–Crippen LogP) is 3.27. The molecule has 1 aliphatic carbocycles. The van der Waals surface area contributed by atoms with E-state index in [0.717, 1.165) is 36.0 Å². The summed E-state index contributed by atoms with van der Waals surface area (Å²) in [5.74, 6) is 0.207. The van der Waals surface area contributed by atoms with Crippen LogP contribution in [0, 0.1) is 0 Å². The van der Waals surface area contributed by atoms with E-state index in [9.17, 15) is 4.79 Å². The second-order valence-corrected chi connectivity index (χ2v) is 4.88. The van der Waals surface area contributed by atoms with Crippen molar-refractivity contribution >= 4 is 11.9 Å². The van der Waals surface area contributed by atoms with Crippen LogP contribution in [0.4, 0.5) is 0 Å². The van der Waals surface area contributed by atoms with E-state index in [1.165, 1.54) is 0 Å². The second-order valence-electron chi connectivity index (χ2n) is 4.88. The number of benzene rings is 1. The van der Waals surface area contributed by atoms with Crippen LogP contribution in [0.25, 0.3) is 6.08 Å².